The first kappa shape index (κ1) is 14.0. The van der Waals surface area contributed by atoms with Gasteiger partial charge in [-0.1, -0.05) is 24.3 Å². The molecular formula is C17H20N2O2. The fourth-order valence-electron chi connectivity index (χ4n) is 3.08. The quantitative estimate of drug-likeness (QED) is 0.803. The van der Waals surface area contributed by atoms with Crippen molar-refractivity contribution >= 4 is 0 Å². The van der Waals surface area contributed by atoms with Crippen molar-refractivity contribution in [3.05, 3.63) is 58.9 Å². The van der Waals surface area contributed by atoms with Crippen LogP contribution in [-0.4, -0.2) is 21.8 Å². The van der Waals surface area contributed by atoms with Crippen molar-refractivity contribution in [2.75, 3.05) is 6.61 Å². The third kappa shape index (κ3) is 2.52. The molecule has 110 valence electrons. The van der Waals surface area contributed by atoms with Gasteiger partial charge in [0.1, 0.15) is 5.75 Å². The van der Waals surface area contributed by atoms with E-state index in [9.17, 15) is 10.2 Å². The number of aromatic nitrogens is 1. The first-order chi connectivity index (χ1) is 10.1. The van der Waals surface area contributed by atoms with Crippen molar-refractivity contribution < 1.29 is 10.2 Å². The molecule has 0 amide bonds. The van der Waals surface area contributed by atoms with Gasteiger partial charge in [-0.2, -0.15) is 0 Å². The lowest BCUT2D eigenvalue weighted by Gasteiger charge is -2.30. The highest BCUT2D eigenvalue weighted by Crippen LogP contribution is 2.36. The number of aliphatic hydroxyl groups is 1. The predicted molar refractivity (Wildman–Crippen MR) is 81.0 cm³/mol. The summed E-state index contributed by atoms with van der Waals surface area (Å²) in [6.07, 6.45) is 1.81. The van der Waals surface area contributed by atoms with Gasteiger partial charge in [-0.15, -0.1) is 0 Å². The largest absolute Gasteiger partial charge is 0.506 e. The molecular weight excluding hydrogens is 264 g/mol. The van der Waals surface area contributed by atoms with Crippen LogP contribution in [0.25, 0.3) is 0 Å². The number of aliphatic hydroxyl groups excluding tert-OH is 1. The van der Waals surface area contributed by atoms with Gasteiger partial charge in [0.25, 0.3) is 0 Å². The van der Waals surface area contributed by atoms with Gasteiger partial charge in [-0.05, 0) is 43.0 Å². The number of pyridine rings is 1. The molecule has 0 bridgehead atoms. The van der Waals surface area contributed by atoms with Crippen LogP contribution in [0.15, 0.2) is 36.4 Å². The molecule has 2 aromatic rings. The standard InChI is InChI=1S/C17H20N2O2/c1-12-6-7-16(21)15(19-12)10-18-17(11-20)9-8-13-4-2-3-5-14(13)17/h2-7,18,20-21H,8-11H2,1H3. The lowest BCUT2D eigenvalue weighted by atomic mass is 9.92. The highest BCUT2D eigenvalue weighted by Gasteiger charge is 2.37. The van der Waals surface area contributed by atoms with Gasteiger partial charge in [0.05, 0.1) is 17.8 Å². The Morgan fingerprint density at radius 1 is 1.24 bits per heavy atom. The Morgan fingerprint density at radius 3 is 2.86 bits per heavy atom. The van der Waals surface area contributed by atoms with Crippen LogP contribution in [0.5, 0.6) is 5.75 Å². The molecule has 0 spiro atoms. The molecule has 0 fully saturated rings. The molecule has 0 saturated heterocycles. The molecule has 3 N–H and O–H groups in total. The third-order valence-electron chi connectivity index (χ3n) is 4.31. The average Bonchev–Trinajstić information content (AvgIpc) is 2.88. The van der Waals surface area contributed by atoms with Crippen LogP contribution in [0.1, 0.15) is 28.9 Å². The number of hydrogen-bond acceptors (Lipinski definition) is 4. The normalized spacial score (nSPS) is 20.5. The maximum absolute atomic E-state index is 9.92. The van der Waals surface area contributed by atoms with E-state index >= 15 is 0 Å². The lowest BCUT2D eigenvalue weighted by Crippen LogP contribution is -2.43. The van der Waals surface area contributed by atoms with Crippen molar-refractivity contribution in [2.24, 2.45) is 0 Å². The van der Waals surface area contributed by atoms with Gasteiger partial charge >= 0.3 is 0 Å². The maximum Gasteiger partial charge on any atom is 0.138 e. The minimum Gasteiger partial charge on any atom is -0.506 e. The zero-order chi connectivity index (χ0) is 14.9. The Hall–Kier alpha value is -1.91. The molecule has 1 aromatic heterocycles. The Labute approximate surface area is 124 Å². The second-order valence-electron chi connectivity index (χ2n) is 5.67. The van der Waals surface area contributed by atoms with Crippen LogP contribution in [0.2, 0.25) is 0 Å². The van der Waals surface area contributed by atoms with Crippen molar-refractivity contribution in [1.82, 2.24) is 10.3 Å². The second-order valence-corrected chi connectivity index (χ2v) is 5.67. The van der Waals surface area contributed by atoms with Gasteiger partial charge in [-0.3, -0.25) is 10.3 Å². The summed E-state index contributed by atoms with van der Waals surface area (Å²) < 4.78 is 0. The van der Waals surface area contributed by atoms with E-state index < -0.39 is 5.54 Å². The first-order valence-electron chi connectivity index (χ1n) is 7.24. The van der Waals surface area contributed by atoms with E-state index in [2.05, 4.69) is 22.4 Å². The first-order valence-corrected chi connectivity index (χ1v) is 7.24. The molecule has 1 heterocycles. The molecule has 0 aliphatic heterocycles. The maximum atomic E-state index is 9.92. The number of fused-ring (bicyclic) bond motifs is 1. The third-order valence-corrected chi connectivity index (χ3v) is 4.31. The molecule has 1 atom stereocenters. The fourth-order valence-corrected chi connectivity index (χ4v) is 3.08. The molecule has 1 aliphatic rings. The topological polar surface area (TPSA) is 65.4 Å². The van der Waals surface area contributed by atoms with E-state index in [1.54, 1.807) is 12.1 Å². The number of nitrogens with one attached hydrogen (secondary N) is 1. The predicted octanol–water partition coefficient (Wildman–Crippen LogP) is 2.02. The summed E-state index contributed by atoms with van der Waals surface area (Å²) in [5, 5.41) is 23.2. The number of benzene rings is 1. The summed E-state index contributed by atoms with van der Waals surface area (Å²) in [6, 6.07) is 11.6. The smallest absolute Gasteiger partial charge is 0.138 e. The Balaban J connectivity index is 1.85. The van der Waals surface area contributed by atoms with Crippen molar-refractivity contribution in [3.63, 3.8) is 0 Å². The summed E-state index contributed by atoms with van der Waals surface area (Å²) in [5.74, 6) is 0.187. The Bertz CT molecular complexity index is 657. The summed E-state index contributed by atoms with van der Waals surface area (Å²) in [6.45, 7) is 2.37. The Morgan fingerprint density at radius 2 is 2.05 bits per heavy atom. The van der Waals surface area contributed by atoms with E-state index in [0.717, 1.165) is 24.1 Å². The van der Waals surface area contributed by atoms with Gasteiger partial charge in [0.15, 0.2) is 0 Å². The number of hydrogen-bond donors (Lipinski definition) is 3. The van der Waals surface area contributed by atoms with E-state index in [1.165, 1.54) is 5.56 Å². The van der Waals surface area contributed by atoms with Crippen LogP contribution in [0, 0.1) is 6.92 Å². The van der Waals surface area contributed by atoms with Gasteiger partial charge in [-0.25, -0.2) is 0 Å². The van der Waals surface area contributed by atoms with Crippen molar-refractivity contribution in [2.45, 2.75) is 31.8 Å². The van der Waals surface area contributed by atoms with Crippen molar-refractivity contribution in [3.8, 4) is 5.75 Å². The molecule has 1 aliphatic carbocycles. The van der Waals surface area contributed by atoms with Gasteiger partial charge in [0.2, 0.25) is 0 Å². The molecule has 0 saturated carbocycles. The van der Waals surface area contributed by atoms with Crippen LogP contribution >= 0.6 is 0 Å². The van der Waals surface area contributed by atoms with Crippen LogP contribution in [0.4, 0.5) is 0 Å². The molecule has 3 rings (SSSR count). The fraction of sp³-hybridized carbons (Fsp3) is 0.353. The number of aromatic hydroxyl groups is 1. The summed E-state index contributed by atoms with van der Waals surface area (Å²) in [4.78, 5) is 4.36. The zero-order valence-electron chi connectivity index (χ0n) is 12.1. The van der Waals surface area contributed by atoms with E-state index in [1.807, 2.05) is 19.1 Å². The Kier molecular flexibility index (Phi) is 3.66. The average molecular weight is 284 g/mol. The molecule has 4 nitrogen and oxygen atoms in total. The number of nitrogens with zero attached hydrogens (tertiary/aromatic N) is 1. The van der Waals surface area contributed by atoms with Crippen molar-refractivity contribution in [1.29, 1.82) is 0 Å². The molecule has 21 heavy (non-hydrogen) atoms. The second kappa shape index (κ2) is 5.47. The zero-order valence-corrected chi connectivity index (χ0v) is 12.1. The molecule has 1 aromatic carbocycles. The lowest BCUT2D eigenvalue weighted by molar-refractivity contribution is 0.158. The summed E-state index contributed by atoms with van der Waals surface area (Å²) in [7, 11) is 0. The van der Waals surface area contributed by atoms with E-state index in [-0.39, 0.29) is 12.4 Å². The molecule has 4 heteroatoms. The molecule has 0 radical (unpaired) electrons. The number of aryl methyl sites for hydroxylation is 2. The monoisotopic (exact) mass is 284 g/mol. The SMILES string of the molecule is Cc1ccc(O)c(CNC2(CO)CCc3ccccc32)n1. The van der Waals surface area contributed by atoms with Crippen LogP contribution in [-0.2, 0) is 18.5 Å². The summed E-state index contributed by atoms with van der Waals surface area (Å²) in [5.41, 5.74) is 3.48. The van der Waals surface area contributed by atoms with Crippen LogP contribution < -0.4 is 5.32 Å². The van der Waals surface area contributed by atoms with E-state index in [4.69, 9.17) is 0 Å². The van der Waals surface area contributed by atoms with Crippen LogP contribution in [0.3, 0.4) is 0 Å². The minimum absolute atomic E-state index is 0.0383. The molecule has 1 unspecified atom stereocenters. The minimum atomic E-state index is -0.436. The van der Waals surface area contributed by atoms with Gasteiger partial charge in [0, 0.05) is 12.2 Å². The van der Waals surface area contributed by atoms with E-state index in [0.29, 0.717) is 12.2 Å². The summed E-state index contributed by atoms with van der Waals surface area (Å²) >= 11 is 0. The highest BCUT2D eigenvalue weighted by molar-refractivity contribution is 5.39. The highest BCUT2D eigenvalue weighted by atomic mass is 16.3. The number of rotatable bonds is 4. The van der Waals surface area contributed by atoms with Gasteiger partial charge < -0.3 is 10.2 Å².